The molecule has 0 bridgehead atoms. The molecular formula is C21H21N5OS. The minimum atomic E-state index is -0.184. The number of aryl methyl sites for hydroxylation is 1. The van der Waals surface area contributed by atoms with E-state index in [1.54, 1.807) is 23.9 Å². The Bertz CT molecular complexity index is 1190. The van der Waals surface area contributed by atoms with Crippen molar-refractivity contribution in [3.63, 3.8) is 0 Å². The molecule has 0 radical (unpaired) electrons. The highest BCUT2D eigenvalue weighted by atomic mass is 32.1. The van der Waals surface area contributed by atoms with Crippen LogP contribution in [0.2, 0.25) is 0 Å². The largest absolute Gasteiger partial charge is 0.370 e. The molecule has 0 aromatic carbocycles. The molecule has 0 atom stereocenters. The van der Waals surface area contributed by atoms with Gasteiger partial charge in [-0.25, -0.2) is 15.0 Å². The van der Waals surface area contributed by atoms with Gasteiger partial charge in [0, 0.05) is 42.0 Å². The molecule has 0 spiro atoms. The lowest BCUT2D eigenvalue weighted by Crippen LogP contribution is -2.32. The lowest BCUT2D eigenvalue weighted by atomic mass is 9.89. The van der Waals surface area contributed by atoms with Crippen LogP contribution in [0.1, 0.15) is 36.2 Å². The Morgan fingerprint density at radius 2 is 2.14 bits per heavy atom. The smallest absolute Gasteiger partial charge is 0.147 e. The first kappa shape index (κ1) is 17.5. The number of pyridine rings is 2. The van der Waals surface area contributed by atoms with Gasteiger partial charge >= 0.3 is 0 Å². The normalized spacial score (nSPS) is 15.7. The summed E-state index contributed by atoms with van der Waals surface area (Å²) in [6.07, 6.45) is 6.13. The van der Waals surface area contributed by atoms with Gasteiger partial charge in [-0.3, -0.25) is 4.98 Å². The summed E-state index contributed by atoms with van der Waals surface area (Å²) in [5, 5.41) is 4.60. The highest BCUT2D eigenvalue weighted by molar-refractivity contribution is 7.26. The van der Waals surface area contributed by atoms with Gasteiger partial charge in [-0.1, -0.05) is 6.07 Å². The van der Waals surface area contributed by atoms with Crippen LogP contribution in [0.5, 0.6) is 0 Å². The van der Waals surface area contributed by atoms with Crippen molar-refractivity contribution in [2.45, 2.75) is 45.9 Å². The van der Waals surface area contributed by atoms with Gasteiger partial charge in [0.1, 0.15) is 17.0 Å². The number of hydrogen-bond acceptors (Lipinski definition) is 7. The fourth-order valence-electron chi connectivity index (χ4n) is 3.78. The van der Waals surface area contributed by atoms with Crippen LogP contribution in [0.25, 0.3) is 20.4 Å². The second-order valence-electron chi connectivity index (χ2n) is 7.78. The number of fused-ring (bicyclic) bond motifs is 5. The van der Waals surface area contributed by atoms with E-state index in [-0.39, 0.29) is 5.60 Å². The van der Waals surface area contributed by atoms with E-state index >= 15 is 0 Å². The SMILES string of the molecule is Cc1nc2sc3c(NCc4cccnc4)ncnc3c2c2c1COC(C)(C)C2. The number of thiophene rings is 1. The molecule has 0 aliphatic carbocycles. The minimum absolute atomic E-state index is 0.184. The predicted molar refractivity (Wildman–Crippen MR) is 112 cm³/mol. The second kappa shape index (κ2) is 6.46. The molecule has 1 aliphatic rings. The van der Waals surface area contributed by atoms with Crippen molar-refractivity contribution in [2.24, 2.45) is 0 Å². The van der Waals surface area contributed by atoms with Gasteiger partial charge in [-0.05, 0) is 38.0 Å². The number of rotatable bonds is 3. The molecular weight excluding hydrogens is 370 g/mol. The number of nitrogens with one attached hydrogen (secondary N) is 1. The first-order chi connectivity index (χ1) is 13.5. The lowest BCUT2D eigenvalue weighted by Gasteiger charge is -2.32. The van der Waals surface area contributed by atoms with Gasteiger partial charge in [-0.2, -0.15) is 0 Å². The van der Waals surface area contributed by atoms with Crippen molar-refractivity contribution in [3.05, 3.63) is 53.2 Å². The summed E-state index contributed by atoms with van der Waals surface area (Å²) in [7, 11) is 0. The number of anilines is 1. The fourth-order valence-corrected chi connectivity index (χ4v) is 4.95. The van der Waals surface area contributed by atoms with Crippen LogP contribution in [0.4, 0.5) is 5.82 Å². The molecule has 0 unspecified atom stereocenters. The van der Waals surface area contributed by atoms with Crippen LogP contribution in [-0.4, -0.2) is 25.5 Å². The molecule has 6 nitrogen and oxygen atoms in total. The van der Waals surface area contributed by atoms with Crippen LogP contribution < -0.4 is 5.32 Å². The third-order valence-electron chi connectivity index (χ3n) is 5.22. The van der Waals surface area contributed by atoms with Crippen molar-refractivity contribution in [3.8, 4) is 0 Å². The number of ether oxygens (including phenoxy) is 1. The monoisotopic (exact) mass is 391 g/mol. The van der Waals surface area contributed by atoms with Crippen molar-refractivity contribution in [1.82, 2.24) is 19.9 Å². The van der Waals surface area contributed by atoms with Gasteiger partial charge in [0.25, 0.3) is 0 Å². The Hall–Kier alpha value is -2.64. The standard InChI is InChI=1S/C21H21N5OS/c1-12-15-10-27-21(2,3)7-14(15)16-17-18(28-20(16)26-12)19(25-11-24-17)23-9-13-5-4-6-22-8-13/h4-6,8,11H,7,9-10H2,1-3H3,(H,23,24,25). The van der Waals surface area contributed by atoms with Crippen molar-refractivity contribution >= 4 is 37.6 Å². The van der Waals surface area contributed by atoms with E-state index < -0.39 is 0 Å². The molecule has 7 heteroatoms. The molecule has 142 valence electrons. The van der Waals surface area contributed by atoms with E-state index in [0.717, 1.165) is 43.9 Å². The van der Waals surface area contributed by atoms with Gasteiger partial charge in [0.15, 0.2) is 0 Å². The molecule has 28 heavy (non-hydrogen) atoms. The topological polar surface area (TPSA) is 72.8 Å². The predicted octanol–water partition coefficient (Wildman–Crippen LogP) is 4.41. The molecule has 1 N–H and O–H groups in total. The van der Waals surface area contributed by atoms with Crippen LogP contribution >= 0.6 is 11.3 Å². The van der Waals surface area contributed by atoms with Crippen LogP contribution in [0.3, 0.4) is 0 Å². The van der Waals surface area contributed by atoms with E-state index in [1.165, 1.54) is 11.1 Å². The lowest BCUT2D eigenvalue weighted by molar-refractivity contribution is -0.0400. The van der Waals surface area contributed by atoms with Gasteiger partial charge in [0.2, 0.25) is 0 Å². The van der Waals surface area contributed by atoms with E-state index in [1.807, 2.05) is 18.3 Å². The summed E-state index contributed by atoms with van der Waals surface area (Å²) in [4.78, 5) is 19.2. The van der Waals surface area contributed by atoms with Crippen LogP contribution in [0, 0.1) is 6.92 Å². The summed E-state index contributed by atoms with van der Waals surface area (Å²) < 4.78 is 7.08. The number of hydrogen-bond donors (Lipinski definition) is 1. The van der Waals surface area contributed by atoms with Gasteiger partial charge in [0.05, 0.1) is 22.4 Å². The van der Waals surface area contributed by atoms with E-state index in [4.69, 9.17) is 9.72 Å². The quantitative estimate of drug-likeness (QED) is 0.558. The number of aromatic nitrogens is 4. The van der Waals surface area contributed by atoms with Crippen LogP contribution in [-0.2, 0) is 24.3 Å². The zero-order valence-corrected chi connectivity index (χ0v) is 16.9. The zero-order valence-electron chi connectivity index (χ0n) is 16.1. The van der Waals surface area contributed by atoms with Gasteiger partial charge in [-0.15, -0.1) is 11.3 Å². The second-order valence-corrected chi connectivity index (χ2v) is 8.78. The molecule has 5 heterocycles. The Morgan fingerprint density at radius 1 is 1.25 bits per heavy atom. The maximum atomic E-state index is 6.03. The summed E-state index contributed by atoms with van der Waals surface area (Å²) in [5.74, 6) is 0.842. The maximum absolute atomic E-state index is 6.03. The Kier molecular flexibility index (Phi) is 4.03. The third kappa shape index (κ3) is 2.91. The molecule has 0 amide bonds. The van der Waals surface area contributed by atoms with E-state index in [2.05, 4.69) is 41.0 Å². The third-order valence-corrected chi connectivity index (χ3v) is 6.30. The molecule has 0 fully saturated rings. The Morgan fingerprint density at radius 3 is 2.96 bits per heavy atom. The molecule has 4 aromatic heterocycles. The first-order valence-electron chi connectivity index (χ1n) is 9.34. The summed E-state index contributed by atoms with van der Waals surface area (Å²) >= 11 is 1.66. The van der Waals surface area contributed by atoms with Crippen molar-refractivity contribution in [1.29, 1.82) is 0 Å². The summed E-state index contributed by atoms with van der Waals surface area (Å²) in [5.41, 5.74) is 5.47. The first-order valence-corrected chi connectivity index (χ1v) is 10.2. The number of nitrogens with zero attached hydrogens (tertiary/aromatic N) is 4. The Labute approximate surface area is 167 Å². The van der Waals surface area contributed by atoms with Crippen LogP contribution in [0.15, 0.2) is 30.9 Å². The van der Waals surface area contributed by atoms with Crippen molar-refractivity contribution in [2.75, 3.05) is 5.32 Å². The highest BCUT2D eigenvalue weighted by Gasteiger charge is 2.30. The molecule has 5 rings (SSSR count). The maximum Gasteiger partial charge on any atom is 0.147 e. The van der Waals surface area contributed by atoms with Gasteiger partial charge < -0.3 is 10.1 Å². The fraction of sp³-hybridized carbons (Fsp3) is 0.333. The van der Waals surface area contributed by atoms with Crippen molar-refractivity contribution < 1.29 is 4.74 Å². The van der Waals surface area contributed by atoms with E-state index in [9.17, 15) is 0 Å². The molecule has 4 aromatic rings. The molecule has 0 saturated carbocycles. The zero-order chi connectivity index (χ0) is 19.3. The average molecular weight is 392 g/mol. The molecule has 0 saturated heterocycles. The van der Waals surface area contributed by atoms with E-state index in [0.29, 0.717) is 13.2 Å². The molecule has 1 aliphatic heterocycles. The summed E-state index contributed by atoms with van der Waals surface area (Å²) in [6.45, 7) is 7.62. The Balaban J connectivity index is 1.65. The minimum Gasteiger partial charge on any atom is -0.370 e. The highest BCUT2D eigenvalue weighted by Crippen LogP contribution is 2.41. The average Bonchev–Trinajstić information content (AvgIpc) is 3.05. The summed E-state index contributed by atoms with van der Waals surface area (Å²) in [6, 6.07) is 3.99.